The van der Waals surface area contributed by atoms with Crippen molar-refractivity contribution < 1.29 is 13.2 Å². The highest BCUT2D eigenvalue weighted by Crippen LogP contribution is 2.23. The van der Waals surface area contributed by atoms with Gasteiger partial charge in [0.25, 0.3) is 0 Å². The van der Waals surface area contributed by atoms with Gasteiger partial charge < -0.3 is 4.74 Å². The van der Waals surface area contributed by atoms with Gasteiger partial charge >= 0.3 is 0 Å². The van der Waals surface area contributed by atoms with Gasteiger partial charge in [-0.25, -0.2) is 13.1 Å². The number of hydrogen-bond acceptors (Lipinski definition) is 3. The van der Waals surface area contributed by atoms with E-state index in [1.165, 1.54) is 0 Å². The van der Waals surface area contributed by atoms with E-state index in [0.717, 1.165) is 5.56 Å². The molecule has 0 radical (unpaired) electrons. The minimum Gasteiger partial charge on any atom is -0.381 e. The van der Waals surface area contributed by atoms with E-state index in [-0.39, 0.29) is 18.2 Å². The van der Waals surface area contributed by atoms with Crippen LogP contribution in [0.4, 0.5) is 0 Å². The molecule has 0 amide bonds. The van der Waals surface area contributed by atoms with Crippen LogP contribution in [-0.2, 0) is 20.3 Å². The van der Waals surface area contributed by atoms with Gasteiger partial charge in [0.05, 0.1) is 17.9 Å². The van der Waals surface area contributed by atoms with Gasteiger partial charge in [-0.2, -0.15) is 0 Å². The monoisotopic (exact) mass is 305 g/mol. The van der Waals surface area contributed by atoms with Gasteiger partial charge in [-0.05, 0) is 19.4 Å². The van der Waals surface area contributed by atoms with Gasteiger partial charge in [0.1, 0.15) is 0 Å². The highest BCUT2D eigenvalue weighted by Gasteiger charge is 2.30. The van der Waals surface area contributed by atoms with Crippen LogP contribution in [0.2, 0.25) is 0 Å². The first-order valence-corrected chi connectivity index (χ1v) is 8.33. The predicted octanol–water partition coefficient (Wildman–Crippen LogP) is 2.10. The van der Waals surface area contributed by atoms with Crippen molar-refractivity contribution >= 4 is 21.6 Å². The van der Waals surface area contributed by atoms with Crippen molar-refractivity contribution in [2.45, 2.75) is 19.4 Å². The van der Waals surface area contributed by atoms with E-state index in [4.69, 9.17) is 16.3 Å². The van der Waals surface area contributed by atoms with Crippen LogP contribution in [0, 0.1) is 0 Å². The van der Waals surface area contributed by atoms with Crippen LogP contribution in [0.25, 0.3) is 0 Å². The molecule has 108 valence electrons. The molecule has 6 heteroatoms. The summed E-state index contributed by atoms with van der Waals surface area (Å²) >= 11 is 5.95. The zero-order valence-corrected chi connectivity index (χ0v) is 12.8. The molecule has 0 saturated heterocycles. The molecule has 0 aromatic heterocycles. The van der Waals surface area contributed by atoms with Crippen LogP contribution in [0.5, 0.6) is 0 Å². The number of halogens is 1. The lowest BCUT2D eigenvalue weighted by molar-refractivity contribution is 0.163. The van der Waals surface area contributed by atoms with E-state index in [0.29, 0.717) is 6.61 Å². The zero-order chi connectivity index (χ0) is 14.4. The molecule has 4 nitrogen and oxygen atoms in total. The summed E-state index contributed by atoms with van der Waals surface area (Å²) in [5, 5.41) is 0. The number of sulfonamides is 1. The Balaban J connectivity index is 2.81. The van der Waals surface area contributed by atoms with E-state index in [1.54, 1.807) is 6.92 Å². The first-order chi connectivity index (χ1) is 8.93. The molecule has 0 aliphatic carbocycles. The van der Waals surface area contributed by atoms with Crippen LogP contribution in [0.15, 0.2) is 30.3 Å². The molecule has 1 aromatic rings. The fourth-order valence-electron chi connectivity index (χ4n) is 1.68. The summed E-state index contributed by atoms with van der Waals surface area (Å²) in [6.07, 6.45) is 0. The minimum atomic E-state index is -3.43. The third-order valence-corrected chi connectivity index (χ3v) is 4.76. The SMILES string of the molecule is CCOCCS(=O)(=O)NC(C)(CCl)c1ccccc1. The maximum absolute atomic E-state index is 12.0. The van der Waals surface area contributed by atoms with Crippen molar-refractivity contribution in [3.8, 4) is 0 Å². The molecule has 0 fully saturated rings. The number of alkyl halides is 1. The van der Waals surface area contributed by atoms with Crippen molar-refractivity contribution in [3.05, 3.63) is 35.9 Å². The maximum atomic E-state index is 12.0. The molecule has 0 saturated carbocycles. The number of ether oxygens (including phenoxy) is 1. The van der Waals surface area contributed by atoms with Crippen LogP contribution in [-0.4, -0.2) is 33.3 Å². The Morgan fingerprint density at radius 1 is 1.32 bits per heavy atom. The summed E-state index contributed by atoms with van der Waals surface area (Å²) in [6, 6.07) is 9.30. The second-order valence-electron chi connectivity index (χ2n) is 4.45. The Labute approximate surface area is 120 Å². The lowest BCUT2D eigenvalue weighted by Crippen LogP contribution is -2.46. The molecule has 0 spiro atoms. The topological polar surface area (TPSA) is 55.4 Å². The lowest BCUT2D eigenvalue weighted by atomic mass is 9.96. The van der Waals surface area contributed by atoms with Crippen molar-refractivity contribution in [1.29, 1.82) is 0 Å². The Kier molecular flexibility index (Phi) is 6.26. The third kappa shape index (κ3) is 5.10. The van der Waals surface area contributed by atoms with Gasteiger partial charge in [-0.3, -0.25) is 0 Å². The average Bonchev–Trinajstić information content (AvgIpc) is 2.39. The standard InChI is InChI=1S/C13H20ClNO3S/c1-3-18-9-10-19(16,17)15-13(2,11-14)12-7-5-4-6-8-12/h4-8,15H,3,9-11H2,1-2H3. The van der Waals surface area contributed by atoms with Crippen molar-refractivity contribution in [3.63, 3.8) is 0 Å². The first kappa shape index (κ1) is 16.4. The molecule has 1 aromatic carbocycles. The molecular weight excluding hydrogens is 286 g/mol. The Hall–Kier alpha value is -0.620. The molecule has 19 heavy (non-hydrogen) atoms. The van der Waals surface area contributed by atoms with E-state index in [9.17, 15) is 8.42 Å². The molecule has 0 aliphatic rings. The molecular formula is C13H20ClNO3S. The molecule has 0 bridgehead atoms. The summed E-state index contributed by atoms with van der Waals surface area (Å²) < 4.78 is 31.7. The van der Waals surface area contributed by atoms with E-state index >= 15 is 0 Å². The molecule has 0 heterocycles. The highest BCUT2D eigenvalue weighted by molar-refractivity contribution is 7.89. The van der Waals surface area contributed by atoms with E-state index < -0.39 is 15.6 Å². The molecule has 1 N–H and O–H groups in total. The maximum Gasteiger partial charge on any atom is 0.214 e. The molecule has 1 rings (SSSR count). The highest BCUT2D eigenvalue weighted by atomic mass is 35.5. The number of nitrogens with one attached hydrogen (secondary N) is 1. The van der Waals surface area contributed by atoms with Gasteiger partial charge in [0, 0.05) is 12.5 Å². The fourth-order valence-corrected chi connectivity index (χ4v) is 3.29. The second kappa shape index (κ2) is 7.24. The van der Waals surface area contributed by atoms with Crippen molar-refractivity contribution in [2.75, 3.05) is 24.8 Å². The molecule has 1 atom stereocenters. The summed E-state index contributed by atoms with van der Waals surface area (Å²) in [4.78, 5) is 0. The number of benzene rings is 1. The third-order valence-electron chi connectivity index (χ3n) is 2.76. The first-order valence-electron chi connectivity index (χ1n) is 6.14. The lowest BCUT2D eigenvalue weighted by Gasteiger charge is -2.28. The molecule has 1 unspecified atom stereocenters. The van der Waals surface area contributed by atoms with Crippen LogP contribution >= 0.6 is 11.6 Å². The number of rotatable bonds is 8. The molecule has 0 aliphatic heterocycles. The normalized spacial score (nSPS) is 15.1. The quantitative estimate of drug-likeness (QED) is 0.591. The van der Waals surface area contributed by atoms with E-state index in [1.807, 2.05) is 37.3 Å². The summed E-state index contributed by atoms with van der Waals surface area (Å²) in [5.74, 6) is 0.0883. The van der Waals surface area contributed by atoms with Crippen molar-refractivity contribution in [1.82, 2.24) is 4.72 Å². The van der Waals surface area contributed by atoms with Gasteiger partial charge in [0.2, 0.25) is 10.0 Å². The van der Waals surface area contributed by atoms with Gasteiger partial charge in [0.15, 0.2) is 0 Å². The van der Waals surface area contributed by atoms with Crippen molar-refractivity contribution in [2.24, 2.45) is 0 Å². The summed E-state index contributed by atoms with van der Waals surface area (Å²) in [7, 11) is -3.43. The summed E-state index contributed by atoms with van der Waals surface area (Å²) in [6.45, 7) is 4.28. The van der Waals surface area contributed by atoms with Gasteiger partial charge in [-0.1, -0.05) is 30.3 Å². The van der Waals surface area contributed by atoms with Crippen LogP contribution in [0.1, 0.15) is 19.4 Å². The largest absolute Gasteiger partial charge is 0.381 e. The number of hydrogen-bond donors (Lipinski definition) is 1. The van der Waals surface area contributed by atoms with E-state index in [2.05, 4.69) is 4.72 Å². The smallest absolute Gasteiger partial charge is 0.214 e. The minimum absolute atomic E-state index is 0.0693. The fraction of sp³-hybridized carbons (Fsp3) is 0.538. The Morgan fingerprint density at radius 3 is 2.47 bits per heavy atom. The second-order valence-corrected chi connectivity index (χ2v) is 6.56. The zero-order valence-electron chi connectivity index (χ0n) is 11.2. The Morgan fingerprint density at radius 2 is 1.95 bits per heavy atom. The average molecular weight is 306 g/mol. The van der Waals surface area contributed by atoms with Crippen LogP contribution < -0.4 is 4.72 Å². The summed E-state index contributed by atoms with van der Waals surface area (Å²) in [5.41, 5.74) is 0.0263. The predicted molar refractivity (Wildman–Crippen MR) is 77.9 cm³/mol. The Bertz CT molecular complexity index is 478. The van der Waals surface area contributed by atoms with Crippen LogP contribution in [0.3, 0.4) is 0 Å². The van der Waals surface area contributed by atoms with Gasteiger partial charge in [-0.15, -0.1) is 11.6 Å².